The highest BCUT2D eigenvalue weighted by atomic mass is 32.1. The summed E-state index contributed by atoms with van der Waals surface area (Å²) >= 11 is 1.49. The zero-order valence-electron chi connectivity index (χ0n) is 18.3. The van der Waals surface area contributed by atoms with Gasteiger partial charge in [-0.25, -0.2) is 18.6 Å². The van der Waals surface area contributed by atoms with E-state index in [1.54, 1.807) is 18.2 Å². The van der Waals surface area contributed by atoms with E-state index in [1.807, 2.05) is 17.5 Å². The highest BCUT2D eigenvalue weighted by Gasteiger charge is 2.34. The minimum atomic E-state index is -1.07. The average Bonchev–Trinajstić information content (AvgIpc) is 3.52. The second-order valence-electron chi connectivity index (χ2n) is 7.30. The van der Waals surface area contributed by atoms with E-state index < -0.39 is 41.7 Å². The molecular weight excluding hydrogens is 466 g/mol. The number of benzene rings is 2. The number of amides is 1. The summed E-state index contributed by atoms with van der Waals surface area (Å²) in [5.74, 6) is -2.53. The summed E-state index contributed by atoms with van der Waals surface area (Å²) in [5.41, 5.74) is 0.992. The van der Waals surface area contributed by atoms with Gasteiger partial charge in [-0.2, -0.15) is 5.10 Å². The molecule has 1 amide bonds. The van der Waals surface area contributed by atoms with Gasteiger partial charge >= 0.3 is 5.97 Å². The lowest BCUT2D eigenvalue weighted by Crippen LogP contribution is -2.31. The van der Waals surface area contributed by atoms with Gasteiger partial charge in [-0.15, -0.1) is 11.3 Å². The Labute approximate surface area is 198 Å². The number of hydrogen-bond acceptors (Lipinski definition) is 7. The Morgan fingerprint density at radius 2 is 1.88 bits per heavy atom. The molecule has 7 nitrogen and oxygen atoms in total. The van der Waals surface area contributed by atoms with Crippen molar-refractivity contribution in [1.82, 2.24) is 5.01 Å². The number of esters is 1. The molecule has 0 N–H and O–H groups in total. The fraction of sp³-hybridized carbons (Fsp3) is 0.208. The molecule has 176 valence electrons. The molecule has 1 aromatic heterocycles. The Morgan fingerprint density at radius 1 is 1.09 bits per heavy atom. The smallest absolute Gasteiger partial charge is 0.341 e. The fourth-order valence-electron chi connectivity index (χ4n) is 3.58. The summed E-state index contributed by atoms with van der Waals surface area (Å²) in [5, 5.41) is 7.65. The lowest BCUT2D eigenvalue weighted by atomic mass is 10.0. The first-order valence-corrected chi connectivity index (χ1v) is 11.1. The van der Waals surface area contributed by atoms with Crippen molar-refractivity contribution in [2.24, 2.45) is 5.10 Å². The molecule has 4 rings (SSSR count). The molecule has 0 spiro atoms. The Hall–Kier alpha value is -3.79. The number of thiophene rings is 1. The molecule has 2 heterocycles. The quantitative estimate of drug-likeness (QED) is 0.457. The Morgan fingerprint density at radius 3 is 2.56 bits per heavy atom. The molecule has 0 bridgehead atoms. The number of carbonyl (C=O) groups excluding carboxylic acids is 2. The van der Waals surface area contributed by atoms with Crippen LogP contribution >= 0.6 is 11.3 Å². The third-order valence-electron chi connectivity index (χ3n) is 5.24. The number of nitrogens with zero attached hydrogens (tertiary/aromatic N) is 2. The molecule has 1 unspecified atom stereocenters. The molecule has 34 heavy (non-hydrogen) atoms. The van der Waals surface area contributed by atoms with Gasteiger partial charge < -0.3 is 14.2 Å². The monoisotopic (exact) mass is 486 g/mol. The normalized spacial score (nSPS) is 15.1. The molecule has 0 saturated carbocycles. The van der Waals surface area contributed by atoms with Crippen molar-refractivity contribution in [3.63, 3.8) is 0 Å². The van der Waals surface area contributed by atoms with Gasteiger partial charge in [0.1, 0.15) is 11.6 Å². The second-order valence-corrected chi connectivity index (χ2v) is 8.24. The Bertz CT molecular complexity index is 1250. The number of hydrogen-bond donors (Lipinski definition) is 0. The predicted octanol–water partition coefficient (Wildman–Crippen LogP) is 4.58. The highest BCUT2D eigenvalue weighted by molar-refractivity contribution is 7.12. The summed E-state index contributed by atoms with van der Waals surface area (Å²) in [6, 6.07) is 11.1. The van der Waals surface area contributed by atoms with Crippen LogP contribution < -0.4 is 9.47 Å². The number of halogens is 2. The number of hydrazone groups is 1. The van der Waals surface area contributed by atoms with Crippen LogP contribution in [-0.2, 0) is 9.53 Å². The van der Waals surface area contributed by atoms with Gasteiger partial charge in [0.25, 0.3) is 5.91 Å². The van der Waals surface area contributed by atoms with E-state index in [0.717, 1.165) is 22.6 Å². The molecule has 10 heteroatoms. The zero-order chi connectivity index (χ0) is 24.2. The van der Waals surface area contributed by atoms with Crippen LogP contribution in [0.2, 0.25) is 0 Å². The first kappa shape index (κ1) is 23.4. The van der Waals surface area contributed by atoms with Crippen molar-refractivity contribution < 1.29 is 32.6 Å². The van der Waals surface area contributed by atoms with E-state index in [2.05, 4.69) is 5.10 Å². The summed E-state index contributed by atoms with van der Waals surface area (Å²) in [6.07, 6.45) is 0.433. The van der Waals surface area contributed by atoms with Crippen LogP contribution in [0.15, 0.2) is 59.0 Å². The average molecular weight is 486 g/mol. The maximum absolute atomic E-state index is 13.9. The minimum Gasteiger partial charge on any atom is -0.493 e. The Kier molecular flexibility index (Phi) is 6.87. The van der Waals surface area contributed by atoms with Gasteiger partial charge in [0.2, 0.25) is 0 Å². The van der Waals surface area contributed by atoms with Crippen LogP contribution in [0.25, 0.3) is 0 Å². The highest BCUT2D eigenvalue weighted by Crippen LogP contribution is 2.37. The molecule has 2 aromatic carbocycles. The van der Waals surface area contributed by atoms with Gasteiger partial charge in [-0.1, -0.05) is 12.1 Å². The van der Waals surface area contributed by atoms with Crippen LogP contribution in [0.1, 0.15) is 33.3 Å². The van der Waals surface area contributed by atoms with Gasteiger partial charge in [0.15, 0.2) is 18.1 Å². The molecule has 1 aliphatic heterocycles. The molecule has 0 fully saturated rings. The molecule has 0 saturated heterocycles. The molecule has 0 aliphatic carbocycles. The van der Waals surface area contributed by atoms with Crippen LogP contribution in [0.3, 0.4) is 0 Å². The third kappa shape index (κ3) is 4.76. The zero-order valence-corrected chi connectivity index (χ0v) is 19.1. The molecular formula is C24H20F2N2O5S. The topological polar surface area (TPSA) is 77.4 Å². The molecule has 3 aromatic rings. The summed E-state index contributed by atoms with van der Waals surface area (Å²) < 4.78 is 42.7. The SMILES string of the molecule is COc1ccc(C2CC(c3cccs3)=NN2C(=O)COC(=O)c2ccc(F)cc2F)cc1OC. The first-order chi connectivity index (χ1) is 16.4. The van der Waals surface area contributed by atoms with E-state index in [1.165, 1.54) is 30.6 Å². The standard InChI is InChI=1S/C24H20F2N2O5S/c1-31-20-8-5-14(10-21(20)32-2)19-12-18(22-4-3-9-34-22)27-28(19)23(29)13-33-24(30)16-7-6-15(25)11-17(16)26/h3-11,19H,12-13H2,1-2H3. The fourth-order valence-corrected chi connectivity index (χ4v) is 4.30. The number of rotatable bonds is 7. The van der Waals surface area contributed by atoms with Crippen molar-refractivity contribution in [3.05, 3.63) is 81.5 Å². The minimum absolute atomic E-state index is 0.433. The molecule has 1 aliphatic rings. The van der Waals surface area contributed by atoms with Crippen LogP contribution in [0, 0.1) is 11.6 Å². The number of carbonyl (C=O) groups is 2. The molecule has 0 radical (unpaired) electrons. The Balaban J connectivity index is 1.56. The molecule has 1 atom stereocenters. The van der Waals surface area contributed by atoms with Gasteiger partial charge in [-0.05, 0) is 41.3 Å². The van der Waals surface area contributed by atoms with Crippen molar-refractivity contribution in [1.29, 1.82) is 0 Å². The second kappa shape index (κ2) is 10.0. The van der Waals surface area contributed by atoms with Crippen molar-refractivity contribution >= 4 is 28.9 Å². The lowest BCUT2D eigenvalue weighted by molar-refractivity contribution is -0.136. The van der Waals surface area contributed by atoms with E-state index in [4.69, 9.17) is 14.2 Å². The summed E-state index contributed by atoms with van der Waals surface area (Å²) in [6.45, 7) is -0.666. The number of methoxy groups -OCH3 is 2. The largest absolute Gasteiger partial charge is 0.493 e. The van der Waals surface area contributed by atoms with Crippen LogP contribution in [-0.4, -0.2) is 43.4 Å². The van der Waals surface area contributed by atoms with Gasteiger partial charge in [-0.3, -0.25) is 4.79 Å². The van der Waals surface area contributed by atoms with Crippen LogP contribution in [0.4, 0.5) is 8.78 Å². The van der Waals surface area contributed by atoms with Crippen LogP contribution in [0.5, 0.6) is 11.5 Å². The predicted molar refractivity (Wildman–Crippen MR) is 121 cm³/mol. The van der Waals surface area contributed by atoms with Crippen molar-refractivity contribution in [2.45, 2.75) is 12.5 Å². The third-order valence-corrected chi connectivity index (χ3v) is 6.16. The van der Waals surface area contributed by atoms with E-state index in [9.17, 15) is 18.4 Å². The van der Waals surface area contributed by atoms with Crippen molar-refractivity contribution in [2.75, 3.05) is 20.8 Å². The maximum Gasteiger partial charge on any atom is 0.341 e. The van der Waals surface area contributed by atoms with Gasteiger partial charge in [0, 0.05) is 12.5 Å². The number of ether oxygens (including phenoxy) is 3. The first-order valence-electron chi connectivity index (χ1n) is 10.2. The summed E-state index contributed by atoms with van der Waals surface area (Å²) in [4.78, 5) is 26.2. The van der Waals surface area contributed by atoms with Gasteiger partial charge in [0.05, 0.1) is 36.4 Å². The van der Waals surface area contributed by atoms with Crippen molar-refractivity contribution in [3.8, 4) is 11.5 Å². The maximum atomic E-state index is 13.9. The lowest BCUT2D eigenvalue weighted by Gasteiger charge is -2.22. The van der Waals surface area contributed by atoms with E-state index in [0.29, 0.717) is 29.7 Å². The summed E-state index contributed by atoms with van der Waals surface area (Å²) in [7, 11) is 3.04. The van der Waals surface area contributed by atoms with E-state index >= 15 is 0 Å². The van der Waals surface area contributed by atoms with E-state index in [-0.39, 0.29) is 0 Å².